The number of anilines is 2. The highest BCUT2D eigenvalue weighted by Gasteiger charge is 2.44. The molecular formula is C25H29N3O3S. The number of carbonyl (C=O) groups excluding carboxylic acids is 2. The Morgan fingerprint density at radius 2 is 1.50 bits per heavy atom. The van der Waals surface area contributed by atoms with Crippen molar-refractivity contribution < 1.29 is 14.3 Å². The summed E-state index contributed by atoms with van der Waals surface area (Å²) >= 11 is 1.49. The maximum absolute atomic E-state index is 13.7. The summed E-state index contributed by atoms with van der Waals surface area (Å²) in [7, 11) is 0. The zero-order valence-electron chi connectivity index (χ0n) is 18.6. The van der Waals surface area contributed by atoms with E-state index in [0.29, 0.717) is 30.0 Å². The van der Waals surface area contributed by atoms with Crippen LogP contribution in [0.5, 0.6) is 0 Å². The number of hydrogen-bond acceptors (Lipinski definition) is 6. The third kappa shape index (κ3) is 3.84. The van der Waals surface area contributed by atoms with Crippen LogP contribution in [0.2, 0.25) is 0 Å². The van der Waals surface area contributed by atoms with E-state index in [-0.39, 0.29) is 24.0 Å². The molecule has 2 amide bonds. The van der Waals surface area contributed by atoms with E-state index in [1.165, 1.54) is 35.5 Å². The fourth-order valence-electron chi connectivity index (χ4n) is 5.01. The van der Waals surface area contributed by atoms with E-state index < -0.39 is 0 Å². The Morgan fingerprint density at radius 1 is 0.844 bits per heavy atom. The number of carbonyl (C=O) groups is 2. The SMILES string of the molecule is CC1CN(C2=C(c3cccs3)C(=O)N(c3ccc(N4CCCCC4)cc3)C2=O)CC(C)O1. The highest BCUT2D eigenvalue weighted by atomic mass is 32.1. The first-order chi connectivity index (χ1) is 15.5. The van der Waals surface area contributed by atoms with Crippen molar-refractivity contribution in [3.05, 3.63) is 52.4 Å². The van der Waals surface area contributed by atoms with Crippen molar-refractivity contribution in [3.63, 3.8) is 0 Å². The van der Waals surface area contributed by atoms with Crippen LogP contribution >= 0.6 is 11.3 Å². The van der Waals surface area contributed by atoms with Gasteiger partial charge in [0.1, 0.15) is 5.70 Å². The zero-order chi connectivity index (χ0) is 22.2. The van der Waals surface area contributed by atoms with Gasteiger partial charge in [0, 0.05) is 36.7 Å². The average molecular weight is 452 g/mol. The molecule has 2 aromatic rings. The van der Waals surface area contributed by atoms with Gasteiger partial charge in [0.15, 0.2) is 0 Å². The molecular weight excluding hydrogens is 422 g/mol. The smallest absolute Gasteiger partial charge is 0.282 e. The largest absolute Gasteiger partial charge is 0.372 e. The second-order valence-electron chi connectivity index (χ2n) is 8.87. The lowest BCUT2D eigenvalue weighted by Crippen LogP contribution is -2.47. The fourth-order valence-corrected chi connectivity index (χ4v) is 5.78. The zero-order valence-corrected chi connectivity index (χ0v) is 19.4. The minimum absolute atomic E-state index is 0.00314. The first-order valence-corrected chi connectivity index (χ1v) is 12.3. The Bertz CT molecular complexity index is 1020. The maximum Gasteiger partial charge on any atom is 0.282 e. The first kappa shape index (κ1) is 21.2. The van der Waals surface area contributed by atoms with Gasteiger partial charge in [0.05, 0.1) is 23.5 Å². The molecule has 3 aliphatic heterocycles. The lowest BCUT2D eigenvalue weighted by atomic mass is 10.1. The molecule has 1 aromatic carbocycles. The number of nitrogens with zero attached hydrogens (tertiary/aromatic N) is 3. The molecule has 168 valence electrons. The quantitative estimate of drug-likeness (QED) is 0.654. The van der Waals surface area contributed by atoms with E-state index in [1.807, 2.05) is 60.5 Å². The van der Waals surface area contributed by atoms with Crippen LogP contribution in [0.3, 0.4) is 0 Å². The summed E-state index contributed by atoms with van der Waals surface area (Å²) in [6.07, 6.45) is 3.69. The highest BCUT2D eigenvalue weighted by molar-refractivity contribution is 7.11. The summed E-state index contributed by atoms with van der Waals surface area (Å²) in [4.78, 5) is 33.9. The number of ether oxygens (including phenoxy) is 1. The van der Waals surface area contributed by atoms with Crippen molar-refractivity contribution >= 4 is 40.1 Å². The summed E-state index contributed by atoms with van der Waals surface area (Å²) in [6.45, 7) is 7.31. The van der Waals surface area contributed by atoms with Crippen LogP contribution in [0.1, 0.15) is 38.0 Å². The van der Waals surface area contributed by atoms with Gasteiger partial charge in [-0.15, -0.1) is 11.3 Å². The van der Waals surface area contributed by atoms with E-state index in [0.717, 1.165) is 23.7 Å². The lowest BCUT2D eigenvalue weighted by molar-refractivity contribution is -0.121. The minimum Gasteiger partial charge on any atom is -0.372 e. The van der Waals surface area contributed by atoms with Gasteiger partial charge in [-0.2, -0.15) is 0 Å². The Balaban J connectivity index is 1.48. The molecule has 3 aliphatic rings. The van der Waals surface area contributed by atoms with Crippen LogP contribution in [0.25, 0.3) is 5.57 Å². The third-order valence-corrected chi connectivity index (χ3v) is 7.28. The van der Waals surface area contributed by atoms with E-state index in [9.17, 15) is 9.59 Å². The predicted octanol–water partition coefficient (Wildman–Crippen LogP) is 4.13. The predicted molar refractivity (Wildman–Crippen MR) is 128 cm³/mol. The Hall–Kier alpha value is -2.64. The number of piperidine rings is 1. The molecule has 6 nitrogen and oxygen atoms in total. The number of benzene rings is 1. The van der Waals surface area contributed by atoms with Gasteiger partial charge in [-0.3, -0.25) is 9.59 Å². The molecule has 2 unspecified atom stereocenters. The summed E-state index contributed by atoms with van der Waals surface area (Å²) in [6, 6.07) is 11.7. The molecule has 2 atom stereocenters. The fraction of sp³-hybridized carbons (Fsp3) is 0.440. The standard InChI is InChI=1S/C25H29N3O3S/c1-17-15-27(16-18(2)31-17)23-22(21-7-6-14-32-21)24(29)28(25(23)30)20-10-8-19(9-11-20)26-12-4-3-5-13-26/h6-11,14,17-18H,3-5,12-13,15-16H2,1-2H3. The summed E-state index contributed by atoms with van der Waals surface area (Å²) in [5.74, 6) is -0.490. The molecule has 0 bridgehead atoms. The Kier molecular flexibility index (Phi) is 5.78. The number of imide groups is 1. The van der Waals surface area contributed by atoms with Crippen LogP contribution in [-0.4, -0.2) is 55.1 Å². The maximum atomic E-state index is 13.7. The molecule has 7 heteroatoms. The van der Waals surface area contributed by atoms with Gasteiger partial charge >= 0.3 is 0 Å². The first-order valence-electron chi connectivity index (χ1n) is 11.5. The summed E-state index contributed by atoms with van der Waals surface area (Å²) in [5, 5.41) is 1.94. The lowest BCUT2D eigenvalue weighted by Gasteiger charge is -2.37. The van der Waals surface area contributed by atoms with Gasteiger partial charge in [-0.05, 0) is 68.8 Å². The number of rotatable bonds is 4. The van der Waals surface area contributed by atoms with Crippen LogP contribution < -0.4 is 9.80 Å². The number of thiophene rings is 1. The van der Waals surface area contributed by atoms with Crippen molar-refractivity contribution in [1.29, 1.82) is 0 Å². The van der Waals surface area contributed by atoms with Gasteiger partial charge in [0.2, 0.25) is 0 Å². The van der Waals surface area contributed by atoms with Crippen molar-refractivity contribution in [2.24, 2.45) is 0 Å². The van der Waals surface area contributed by atoms with Crippen LogP contribution in [0, 0.1) is 0 Å². The van der Waals surface area contributed by atoms with Gasteiger partial charge < -0.3 is 14.5 Å². The number of morpholine rings is 1. The molecule has 2 saturated heterocycles. The molecule has 0 spiro atoms. The second-order valence-corrected chi connectivity index (χ2v) is 9.82. The average Bonchev–Trinajstić information content (AvgIpc) is 3.40. The molecule has 0 radical (unpaired) electrons. The van der Waals surface area contributed by atoms with Crippen molar-refractivity contribution in [2.75, 3.05) is 36.0 Å². The molecule has 0 aliphatic carbocycles. The molecule has 1 aromatic heterocycles. The Labute approximate surface area is 193 Å². The Morgan fingerprint density at radius 3 is 2.12 bits per heavy atom. The molecule has 4 heterocycles. The topological polar surface area (TPSA) is 53.1 Å². The number of amides is 2. The third-order valence-electron chi connectivity index (χ3n) is 6.39. The van der Waals surface area contributed by atoms with E-state index in [1.54, 1.807) is 0 Å². The highest BCUT2D eigenvalue weighted by Crippen LogP contribution is 2.38. The normalized spacial score (nSPS) is 24.6. The minimum atomic E-state index is -0.245. The van der Waals surface area contributed by atoms with Crippen molar-refractivity contribution in [1.82, 2.24) is 4.90 Å². The van der Waals surface area contributed by atoms with Gasteiger partial charge in [-0.25, -0.2) is 4.90 Å². The van der Waals surface area contributed by atoms with Crippen LogP contribution in [0.15, 0.2) is 47.5 Å². The van der Waals surface area contributed by atoms with Crippen molar-refractivity contribution in [2.45, 2.75) is 45.3 Å². The molecule has 32 heavy (non-hydrogen) atoms. The molecule has 5 rings (SSSR count). The number of hydrogen-bond donors (Lipinski definition) is 0. The van der Waals surface area contributed by atoms with E-state index >= 15 is 0 Å². The van der Waals surface area contributed by atoms with Gasteiger partial charge in [-0.1, -0.05) is 6.07 Å². The van der Waals surface area contributed by atoms with Crippen LogP contribution in [-0.2, 0) is 14.3 Å². The van der Waals surface area contributed by atoms with Crippen LogP contribution in [0.4, 0.5) is 11.4 Å². The van der Waals surface area contributed by atoms with Crippen molar-refractivity contribution in [3.8, 4) is 0 Å². The molecule has 0 N–H and O–H groups in total. The second kappa shape index (κ2) is 8.71. The van der Waals surface area contributed by atoms with E-state index in [4.69, 9.17) is 4.74 Å². The monoisotopic (exact) mass is 451 g/mol. The molecule has 2 fully saturated rings. The molecule has 0 saturated carbocycles. The summed E-state index contributed by atoms with van der Waals surface area (Å²) < 4.78 is 5.87. The van der Waals surface area contributed by atoms with E-state index in [2.05, 4.69) is 4.90 Å². The summed E-state index contributed by atoms with van der Waals surface area (Å²) in [5.41, 5.74) is 2.78. The van der Waals surface area contributed by atoms with Gasteiger partial charge in [0.25, 0.3) is 11.8 Å².